The van der Waals surface area contributed by atoms with E-state index >= 15 is 0 Å². The Morgan fingerprint density at radius 2 is 2.42 bits per heavy atom. The summed E-state index contributed by atoms with van der Waals surface area (Å²) >= 11 is 4.96. The highest BCUT2D eigenvalue weighted by Gasteiger charge is 2.16. The molecule has 1 atom stereocenters. The number of hydrogen-bond donors (Lipinski definition) is 4. The number of aromatic nitrogens is 2. The molecule has 19 heavy (non-hydrogen) atoms. The van der Waals surface area contributed by atoms with Gasteiger partial charge in [0.2, 0.25) is 0 Å². The van der Waals surface area contributed by atoms with Gasteiger partial charge in [0.05, 0.1) is 12.2 Å². The zero-order valence-electron chi connectivity index (χ0n) is 10.8. The highest BCUT2D eigenvalue weighted by Crippen LogP contribution is 2.18. The van der Waals surface area contributed by atoms with Gasteiger partial charge in [0.1, 0.15) is 10.4 Å². The average molecular weight is 351 g/mol. The van der Waals surface area contributed by atoms with Crippen LogP contribution in [0.25, 0.3) is 0 Å². The summed E-state index contributed by atoms with van der Waals surface area (Å²) in [6.45, 7) is 3.03. The van der Waals surface area contributed by atoms with Crippen LogP contribution < -0.4 is 10.0 Å². The maximum Gasteiger partial charge on any atom is 0.405 e. The van der Waals surface area contributed by atoms with Gasteiger partial charge in [0.25, 0.3) is 0 Å². The molecular weight excluding hydrogens is 332 g/mol. The van der Waals surface area contributed by atoms with E-state index in [1.807, 2.05) is 0 Å². The smallest absolute Gasteiger partial charge is 0.405 e. The van der Waals surface area contributed by atoms with Crippen molar-refractivity contribution in [1.82, 2.24) is 20.0 Å². The third kappa shape index (κ3) is 6.84. The van der Waals surface area contributed by atoms with E-state index in [0.29, 0.717) is 5.82 Å². The number of nitrogens with one attached hydrogen (secondary N) is 3. The summed E-state index contributed by atoms with van der Waals surface area (Å²) in [5, 5.41) is 11.3. The van der Waals surface area contributed by atoms with E-state index in [-0.39, 0.29) is 6.04 Å². The van der Waals surface area contributed by atoms with Crippen LogP contribution in [0.3, 0.4) is 0 Å². The maximum atomic E-state index is 10.8. The van der Waals surface area contributed by atoms with Crippen molar-refractivity contribution in [2.75, 3.05) is 12.3 Å². The highest BCUT2D eigenvalue weighted by molar-refractivity contribution is 9.10. The number of rotatable bonds is 9. The first-order valence-electron chi connectivity index (χ1n) is 6.18. The molecule has 1 rings (SSSR count). The first-order chi connectivity index (χ1) is 9.13. The molecule has 1 unspecified atom stereocenters. The number of unbranched alkanes of at least 4 members (excludes halogenated alkanes) is 1. The molecule has 0 bridgehead atoms. The van der Waals surface area contributed by atoms with Gasteiger partial charge in [0, 0.05) is 12.3 Å². The van der Waals surface area contributed by atoms with Crippen molar-refractivity contribution in [3.8, 4) is 0 Å². The van der Waals surface area contributed by atoms with Gasteiger partial charge in [-0.2, -0.15) is 0 Å². The Hall–Kier alpha value is -0.730. The molecule has 1 aromatic heterocycles. The summed E-state index contributed by atoms with van der Waals surface area (Å²) in [5.41, 5.74) is 0. The fraction of sp³-hybridized carbons (Fsp3) is 0.636. The second-order valence-electron chi connectivity index (χ2n) is 3.94. The lowest BCUT2D eigenvalue weighted by Crippen LogP contribution is -2.27. The van der Waals surface area contributed by atoms with Gasteiger partial charge < -0.3 is 15.4 Å². The molecular formula is C11H19BrN4O2S. The third-order valence-corrected chi connectivity index (χ3v) is 3.56. The summed E-state index contributed by atoms with van der Waals surface area (Å²) < 4.78 is 3.99. The number of carbonyl (C=O) groups is 1. The van der Waals surface area contributed by atoms with Gasteiger partial charge in [0.15, 0.2) is 0 Å². The number of H-pyrrole nitrogens is 1. The average Bonchev–Trinajstić information content (AvgIpc) is 2.78. The molecule has 1 aromatic rings. The van der Waals surface area contributed by atoms with Crippen molar-refractivity contribution in [2.45, 2.75) is 32.2 Å². The molecule has 0 fully saturated rings. The first kappa shape index (κ1) is 16.3. The number of amides is 1. The van der Waals surface area contributed by atoms with Crippen molar-refractivity contribution >= 4 is 34.0 Å². The Bertz CT molecular complexity index is 389. The van der Waals surface area contributed by atoms with E-state index in [0.717, 1.165) is 36.2 Å². The summed E-state index contributed by atoms with van der Waals surface area (Å²) in [7, 11) is 0. The van der Waals surface area contributed by atoms with Crippen LogP contribution in [0.4, 0.5) is 4.79 Å². The maximum absolute atomic E-state index is 10.8. The number of carboxylic acid groups (broad SMARTS) is 1. The van der Waals surface area contributed by atoms with E-state index in [1.54, 1.807) is 18.1 Å². The molecule has 108 valence electrons. The Labute approximate surface area is 125 Å². The molecule has 0 saturated heterocycles. The van der Waals surface area contributed by atoms with Crippen LogP contribution in [0, 0.1) is 0 Å². The van der Waals surface area contributed by atoms with Gasteiger partial charge in [-0.1, -0.05) is 18.9 Å². The van der Waals surface area contributed by atoms with Crippen LogP contribution >= 0.6 is 27.9 Å². The minimum absolute atomic E-state index is 0.289. The van der Waals surface area contributed by atoms with Gasteiger partial charge in [-0.15, -0.1) is 0 Å². The lowest BCUT2D eigenvalue weighted by atomic mass is 10.1. The summed E-state index contributed by atoms with van der Waals surface area (Å²) in [5.74, 6) is 1.69. The minimum Gasteiger partial charge on any atom is -0.465 e. The number of halogens is 1. The summed E-state index contributed by atoms with van der Waals surface area (Å²) in [4.78, 5) is 17.9. The fourth-order valence-electron chi connectivity index (χ4n) is 1.64. The Balaban J connectivity index is 2.36. The van der Waals surface area contributed by atoms with Gasteiger partial charge in [-0.05, 0) is 35.2 Å². The Morgan fingerprint density at radius 3 is 3.00 bits per heavy atom. The normalized spacial score (nSPS) is 12.3. The molecule has 0 spiro atoms. The standard InChI is InChI=1S/C11H19BrN4O2S/c1-2-19-14-6-4-3-5-8(15-11(17)18)10-13-7-9(12)16-10/h7-8,14-15H,2-6H2,1H3,(H,13,16)(H,17,18). The quantitative estimate of drug-likeness (QED) is 0.406. The molecule has 6 nitrogen and oxygen atoms in total. The summed E-state index contributed by atoms with van der Waals surface area (Å²) in [6, 6.07) is -0.289. The molecule has 0 aliphatic carbocycles. The van der Waals surface area contributed by atoms with E-state index in [4.69, 9.17) is 5.11 Å². The topological polar surface area (TPSA) is 90.0 Å². The van der Waals surface area contributed by atoms with Crippen molar-refractivity contribution in [1.29, 1.82) is 0 Å². The van der Waals surface area contributed by atoms with Crippen LogP contribution in [0.1, 0.15) is 38.1 Å². The predicted molar refractivity (Wildman–Crippen MR) is 80.2 cm³/mol. The monoisotopic (exact) mass is 350 g/mol. The first-order valence-corrected chi connectivity index (χ1v) is 7.95. The van der Waals surface area contributed by atoms with Gasteiger partial charge in [-0.25, -0.2) is 9.78 Å². The Kier molecular flexibility index (Phi) is 7.92. The lowest BCUT2D eigenvalue weighted by molar-refractivity contribution is 0.188. The molecule has 0 aromatic carbocycles. The highest BCUT2D eigenvalue weighted by atomic mass is 79.9. The third-order valence-electron chi connectivity index (χ3n) is 2.46. The van der Waals surface area contributed by atoms with Gasteiger partial charge in [-0.3, -0.25) is 4.72 Å². The molecule has 0 aliphatic heterocycles. The molecule has 1 amide bonds. The molecule has 1 heterocycles. The van der Waals surface area contributed by atoms with Crippen LogP contribution in [0.5, 0.6) is 0 Å². The van der Waals surface area contributed by atoms with Crippen molar-refractivity contribution in [3.63, 3.8) is 0 Å². The fourth-order valence-corrected chi connectivity index (χ4v) is 2.43. The van der Waals surface area contributed by atoms with Gasteiger partial charge >= 0.3 is 6.09 Å². The van der Waals surface area contributed by atoms with Crippen molar-refractivity contribution in [2.24, 2.45) is 0 Å². The van der Waals surface area contributed by atoms with Crippen LogP contribution in [-0.4, -0.2) is 33.5 Å². The van der Waals surface area contributed by atoms with E-state index in [1.165, 1.54) is 0 Å². The lowest BCUT2D eigenvalue weighted by Gasteiger charge is -2.14. The second kappa shape index (κ2) is 9.22. The van der Waals surface area contributed by atoms with E-state index < -0.39 is 6.09 Å². The SMILES string of the molecule is CCSNCCCCC(NC(=O)O)c1ncc(Br)[nH]1. The van der Waals surface area contributed by atoms with E-state index in [2.05, 4.69) is 42.9 Å². The number of nitrogens with zero attached hydrogens (tertiary/aromatic N) is 1. The zero-order chi connectivity index (χ0) is 14.1. The molecule has 8 heteroatoms. The molecule has 0 aliphatic rings. The zero-order valence-corrected chi connectivity index (χ0v) is 13.2. The minimum atomic E-state index is -1.03. The molecule has 4 N–H and O–H groups in total. The van der Waals surface area contributed by atoms with Crippen LogP contribution in [0.2, 0.25) is 0 Å². The van der Waals surface area contributed by atoms with Crippen LogP contribution in [0.15, 0.2) is 10.8 Å². The second-order valence-corrected chi connectivity index (χ2v) is 5.95. The van der Waals surface area contributed by atoms with Crippen LogP contribution in [-0.2, 0) is 0 Å². The largest absolute Gasteiger partial charge is 0.465 e. The predicted octanol–water partition coefficient (Wildman–Crippen LogP) is 2.91. The molecule has 0 radical (unpaired) electrons. The molecule has 0 saturated carbocycles. The number of aromatic amines is 1. The Morgan fingerprint density at radius 1 is 1.63 bits per heavy atom. The van der Waals surface area contributed by atoms with Crippen molar-refractivity contribution in [3.05, 3.63) is 16.6 Å². The summed E-state index contributed by atoms with van der Waals surface area (Å²) in [6.07, 6.45) is 3.26. The van der Waals surface area contributed by atoms with E-state index in [9.17, 15) is 4.79 Å². The van der Waals surface area contributed by atoms with Crippen molar-refractivity contribution < 1.29 is 9.90 Å². The number of imidazole rings is 1. The number of hydrogen-bond acceptors (Lipinski definition) is 4.